The van der Waals surface area contributed by atoms with Crippen molar-refractivity contribution in [1.82, 2.24) is 19.2 Å². The highest BCUT2D eigenvalue weighted by molar-refractivity contribution is 7.99. The molecule has 27 heavy (non-hydrogen) atoms. The molecule has 0 aliphatic rings. The fraction of sp³-hybridized carbons (Fsp3) is 0.222. The van der Waals surface area contributed by atoms with E-state index in [1.807, 2.05) is 28.0 Å². The van der Waals surface area contributed by atoms with Crippen LogP contribution in [0.2, 0.25) is 0 Å². The van der Waals surface area contributed by atoms with Gasteiger partial charge < -0.3 is 5.73 Å². The molecule has 0 unspecified atom stereocenters. The van der Waals surface area contributed by atoms with E-state index in [0.717, 1.165) is 17.5 Å². The molecule has 0 bridgehead atoms. The summed E-state index contributed by atoms with van der Waals surface area (Å²) in [5, 5.41) is 10.8. The number of aryl methyl sites for hydroxylation is 1. The first kappa shape index (κ1) is 17.7. The second kappa shape index (κ2) is 7.16. The number of nitrogens with two attached hydrogens (primary N) is 1. The van der Waals surface area contributed by atoms with Gasteiger partial charge in [-0.25, -0.2) is 0 Å². The van der Waals surface area contributed by atoms with Gasteiger partial charge in [-0.3, -0.25) is 18.6 Å². The largest absolute Gasteiger partial charge is 0.369 e. The molecular weight excluding hydrogens is 382 g/mol. The van der Waals surface area contributed by atoms with Crippen molar-refractivity contribution < 1.29 is 4.79 Å². The molecule has 0 fully saturated rings. The fourth-order valence-corrected chi connectivity index (χ4v) is 4.44. The molecule has 9 heteroatoms. The van der Waals surface area contributed by atoms with Gasteiger partial charge in [-0.15, -0.1) is 21.5 Å². The number of primary amides is 1. The number of hydrogen-bond donors (Lipinski definition) is 1. The van der Waals surface area contributed by atoms with E-state index >= 15 is 0 Å². The Morgan fingerprint density at radius 1 is 1.19 bits per heavy atom. The van der Waals surface area contributed by atoms with Crippen molar-refractivity contribution >= 4 is 45.0 Å². The number of thiophene rings is 1. The minimum absolute atomic E-state index is 0.0917. The van der Waals surface area contributed by atoms with Gasteiger partial charge in [0.05, 0.1) is 17.8 Å². The maximum absolute atomic E-state index is 13.0. The Kier molecular flexibility index (Phi) is 4.71. The first-order valence-corrected chi connectivity index (χ1v) is 10.3. The average Bonchev–Trinajstić information content (AvgIpc) is 3.30. The third kappa shape index (κ3) is 3.24. The summed E-state index contributed by atoms with van der Waals surface area (Å²) in [7, 11) is 0. The average molecular weight is 400 g/mol. The summed E-state index contributed by atoms with van der Waals surface area (Å²) in [5.74, 6) is 0.129. The molecule has 2 N–H and O–H groups in total. The molecule has 3 aromatic heterocycles. The summed E-state index contributed by atoms with van der Waals surface area (Å²) < 4.78 is 4.08. The molecule has 4 rings (SSSR count). The SMILES string of the molecule is CCc1ccc(Cn2c(=O)c3sccc3n3c(SCC(N)=O)nnc23)cc1. The molecule has 0 aliphatic carbocycles. The van der Waals surface area contributed by atoms with E-state index in [1.165, 1.54) is 28.7 Å². The number of benzene rings is 1. The lowest BCUT2D eigenvalue weighted by molar-refractivity contribution is -0.115. The van der Waals surface area contributed by atoms with Gasteiger partial charge in [-0.1, -0.05) is 43.0 Å². The Morgan fingerprint density at radius 3 is 2.63 bits per heavy atom. The highest BCUT2D eigenvalue weighted by Crippen LogP contribution is 2.24. The number of thioether (sulfide) groups is 1. The topological polar surface area (TPSA) is 95.3 Å². The summed E-state index contributed by atoms with van der Waals surface area (Å²) >= 11 is 2.60. The van der Waals surface area contributed by atoms with E-state index in [2.05, 4.69) is 29.3 Å². The number of nitrogens with zero attached hydrogens (tertiary/aromatic N) is 4. The first-order valence-electron chi connectivity index (χ1n) is 8.42. The van der Waals surface area contributed by atoms with Crippen molar-refractivity contribution in [1.29, 1.82) is 0 Å². The summed E-state index contributed by atoms with van der Waals surface area (Å²) in [6.07, 6.45) is 0.969. The van der Waals surface area contributed by atoms with E-state index in [1.54, 1.807) is 4.57 Å². The zero-order valence-corrected chi connectivity index (χ0v) is 16.2. The van der Waals surface area contributed by atoms with Gasteiger partial charge in [0.2, 0.25) is 11.7 Å². The van der Waals surface area contributed by atoms with Crippen LogP contribution in [0.5, 0.6) is 0 Å². The van der Waals surface area contributed by atoms with E-state index in [9.17, 15) is 9.59 Å². The van der Waals surface area contributed by atoms with E-state index in [-0.39, 0.29) is 11.3 Å². The molecule has 0 saturated carbocycles. The summed E-state index contributed by atoms with van der Waals surface area (Å²) in [6, 6.07) is 10.1. The van der Waals surface area contributed by atoms with Gasteiger partial charge in [-0.05, 0) is 29.0 Å². The predicted molar refractivity (Wildman–Crippen MR) is 107 cm³/mol. The minimum atomic E-state index is -0.428. The standard InChI is InChI=1S/C18H17N5O2S2/c1-2-11-3-5-12(6-4-11)9-22-16(25)15-13(7-8-26-15)23-17(22)20-21-18(23)27-10-14(19)24/h3-8H,2,9-10H2,1H3,(H2,19,24). The van der Waals surface area contributed by atoms with Crippen LogP contribution in [0.3, 0.4) is 0 Å². The number of rotatable bonds is 6. The number of amides is 1. The van der Waals surface area contributed by atoms with Crippen LogP contribution < -0.4 is 11.3 Å². The van der Waals surface area contributed by atoms with Gasteiger partial charge in [-0.2, -0.15) is 0 Å². The highest BCUT2D eigenvalue weighted by atomic mass is 32.2. The van der Waals surface area contributed by atoms with Gasteiger partial charge in [0.25, 0.3) is 5.56 Å². The summed E-state index contributed by atoms with van der Waals surface area (Å²) in [4.78, 5) is 24.2. The molecule has 0 spiro atoms. The monoisotopic (exact) mass is 399 g/mol. The van der Waals surface area contributed by atoms with Crippen molar-refractivity contribution in [3.8, 4) is 0 Å². The maximum atomic E-state index is 13.0. The molecule has 7 nitrogen and oxygen atoms in total. The number of carbonyl (C=O) groups excluding carboxylic acids is 1. The Labute approximate surface area is 162 Å². The van der Waals surface area contributed by atoms with Crippen LogP contribution in [0.1, 0.15) is 18.1 Å². The molecule has 138 valence electrons. The van der Waals surface area contributed by atoms with Crippen molar-refractivity contribution in [2.24, 2.45) is 5.73 Å². The molecule has 3 heterocycles. The third-order valence-electron chi connectivity index (χ3n) is 4.30. The van der Waals surface area contributed by atoms with E-state index in [0.29, 0.717) is 22.2 Å². The molecule has 0 atom stereocenters. The fourth-order valence-electron chi connectivity index (χ4n) is 2.93. The molecule has 1 amide bonds. The Hall–Kier alpha value is -2.65. The smallest absolute Gasteiger partial charge is 0.273 e. The number of carbonyl (C=O) groups is 1. The second-order valence-corrected chi connectivity index (χ2v) is 7.93. The van der Waals surface area contributed by atoms with E-state index in [4.69, 9.17) is 5.73 Å². The van der Waals surface area contributed by atoms with Gasteiger partial charge in [0, 0.05) is 0 Å². The second-order valence-electron chi connectivity index (χ2n) is 6.07. The normalized spacial score (nSPS) is 11.4. The zero-order valence-electron chi connectivity index (χ0n) is 14.6. The molecule has 0 radical (unpaired) electrons. The minimum Gasteiger partial charge on any atom is -0.369 e. The summed E-state index contributed by atoms with van der Waals surface area (Å²) in [6.45, 7) is 2.51. The Balaban J connectivity index is 1.86. The van der Waals surface area contributed by atoms with Crippen molar-refractivity contribution in [3.05, 3.63) is 57.2 Å². The Morgan fingerprint density at radius 2 is 1.93 bits per heavy atom. The number of fused-ring (bicyclic) bond motifs is 3. The number of hydrogen-bond acceptors (Lipinski definition) is 6. The molecular formula is C18H17N5O2S2. The lowest BCUT2D eigenvalue weighted by Gasteiger charge is -2.10. The van der Waals surface area contributed by atoms with Crippen LogP contribution in [0.15, 0.2) is 45.7 Å². The maximum Gasteiger partial charge on any atom is 0.273 e. The quantitative estimate of drug-likeness (QED) is 0.502. The predicted octanol–water partition coefficient (Wildman–Crippen LogP) is 2.29. The van der Waals surface area contributed by atoms with Crippen LogP contribution in [0, 0.1) is 0 Å². The highest BCUT2D eigenvalue weighted by Gasteiger charge is 2.18. The van der Waals surface area contributed by atoms with Crippen LogP contribution in [0.25, 0.3) is 16.0 Å². The number of aromatic nitrogens is 4. The van der Waals surface area contributed by atoms with Crippen LogP contribution >= 0.6 is 23.1 Å². The summed E-state index contributed by atoms with van der Waals surface area (Å²) in [5.41, 5.74) is 8.17. The molecule has 1 aromatic carbocycles. The van der Waals surface area contributed by atoms with Crippen molar-refractivity contribution in [2.45, 2.75) is 25.0 Å². The van der Waals surface area contributed by atoms with Crippen LogP contribution in [-0.4, -0.2) is 30.8 Å². The van der Waals surface area contributed by atoms with Crippen molar-refractivity contribution in [3.63, 3.8) is 0 Å². The van der Waals surface area contributed by atoms with Gasteiger partial charge >= 0.3 is 0 Å². The third-order valence-corrected chi connectivity index (χ3v) is 6.14. The first-order chi connectivity index (χ1) is 13.1. The zero-order chi connectivity index (χ0) is 19.0. The van der Waals surface area contributed by atoms with Crippen molar-refractivity contribution in [2.75, 3.05) is 5.75 Å². The lowest BCUT2D eigenvalue weighted by atomic mass is 10.1. The van der Waals surface area contributed by atoms with Gasteiger partial charge in [0.15, 0.2) is 5.16 Å². The van der Waals surface area contributed by atoms with Crippen LogP contribution in [-0.2, 0) is 17.8 Å². The van der Waals surface area contributed by atoms with E-state index < -0.39 is 5.91 Å². The van der Waals surface area contributed by atoms with Gasteiger partial charge in [0.1, 0.15) is 4.70 Å². The molecule has 4 aromatic rings. The molecule has 0 aliphatic heterocycles. The van der Waals surface area contributed by atoms with Crippen LogP contribution in [0.4, 0.5) is 0 Å². The molecule has 0 saturated heterocycles. The Bertz CT molecular complexity index is 1190. The lowest BCUT2D eigenvalue weighted by Crippen LogP contribution is -2.23.